The molecule has 3 aromatic rings. The molecule has 0 aliphatic heterocycles. The first-order valence-electron chi connectivity index (χ1n) is 6.53. The molecule has 0 saturated carbocycles. The highest BCUT2D eigenvalue weighted by Gasteiger charge is 2.10. The average Bonchev–Trinajstić information content (AvgIpc) is 2.51. The van der Waals surface area contributed by atoms with Crippen molar-refractivity contribution < 1.29 is 4.92 Å². The second-order valence-electron chi connectivity index (χ2n) is 4.88. The quantitative estimate of drug-likeness (QED) is 0.533. The monoisotopic (exact) mass is 349 g/mol. The molecule has 0 aliphatic carbocycles. The summed E-state index contributed by atoms with van der Waals surface area (Å²) in [6, 6.07) is 9.02. The number of fused-ring (bicyclic) bond motifs is 1. The van der Waals surface area contributed by atoms with Crippen LogP contribution in [0, 0.1) is 10.1 Å². The first kappa shape index (κ1) is 15.5. The summed E-state index contributed by atoms with van der Waals surface area (Å²) in [6.07, 6.45) is 1.39. The minimum atomic E-state index is -0.475. The Morgan fingerprint density at radius 2 is 1.87 bits per heavy atom. The van der Waals surface area contributed by atoms with Crippen LogP contribution in [0.2, 0.25) is 10.0 Å². The summed E-state index contributed by atoms with van der Waals surface area (Å²) in [5, 5.41) is 11.6. The average molecular weight is 350 g/mol. The lowest BCUT2D eigenvalue weighted by molar-refractivity contribution is -0.384. The Balaban J connectivity index is 2.02. The lowest BCUT2D eigenvalue weighted by Gasteiger charge is -2.08. The minimum absolute atomic E-state index is 0.00343. The van der Waals surface area contributed by atoms with Crippen LogP contribution in [0.5, 0.6) is 0 Å². The molecule has 0 saturated heterocycles. The van der Waals surface area contributed by atoms with Crippen molar-refractivity contribution in [2.45, 2.75) is 6.54 Å². The molecule has 0 amide bonds. The molecule has 0 N–H and O–H groups in total. The van der Waals surface area contributed by atoms with Gasteiger partial charge in [0.05, 0.1) is 33.7 Å². The van der Waals surface area contributed by atoms with Crippen LogP contribution in [0.4, 0.5) is 5.69 Å². The highest BCUT2D eigenvalue weighted by molar-refractivity contribution is 6.38. The maximum Gasteiger partial charge on any atom is 0.269 e. The zero-order valence-electron chi connectivity index (χ0n) is 11.6. The first-order valence-corrected chi connectivity index (χ1v) is 7.29. The van der Waals surface area contributed by atoms with Gasteiger partial charge in [-0.05, 0) is 17.7 Å². The number of hydrogen-bond acceptors (Lipinski definition) is 4. The molecule has 0 atom stereocenters. The van der Waals surface area contributed by atoms with E-state index in [2.05, 4.69) is 4.98 Å². The van der Waals surface area contributed by atoms with Gasteiger partial charge in [-0.15, -0.1) is 0 Å². The molecule has 0 bridgehead atoms. The van der Waals surface area contributed by atoms with Gasteiger partial charge in [0.1, 0.15) is 0 Å². The Morgan fingerprint density at radius 1 is 1.17 bits per heavy atom. The predicted octanol–water partition coefficient (Wildman–Crippen LogP) is 3.66. The van der Waals surface area contributed by atoms with E-state index in [9.17, 15) is 14.9 Å². The Bertz CT molecular complexity index is 968. The highest BCUT2D eigenvalue weighted by atomic mass is 35.5. The summed E-state index contributed by atoms with van der Waals surface area (Å²) in [5.74, 6) is 0. The molecule has 116 valence electrons. The summed E-state index contributed by atoms with van der Waals surface area (Å²) < 4.78 is 1.40. The van der Waals surface area contributed by atoms with Crippen LogP contribution in [0.25, 0.3) is 10.9 Å². The smallest absolute Gasteiger partial charge is 0.269 e. The number of benzene rings is 2. The summed E-state index contributed by atoms with van der Waals surface area (Å²) in [6.45, 7) is 0.240. The van der Waals surface area contributed by atoms with Crippen molar-refractivity contribution in [1.82, 2.24) is 9.55 Å². The van der Waals surface area contributed by atoms with E-state index in [0.29, 0.717) is 20.9 Å². The van der Waals surface area contributed by atoms with Gasteiger partial charge in [-0.2, -0.15) is 0 Å². The van der Waals surface area contributed by atoms with Gasteiger partial charge in [0.15, 0.2) is 0 Å². The molecule has 2 aromatic carbocycles. The maximum atomic E-state index is 12.5. The van der Waals surface area contributed by atoms with Crippen molar-refractivity contribution in [3.05, 3.63) is 78.8 Å². The van der Waals surface area contributed by atoms with Gasteiger partial charge >= 0.3 is 0 Å². The Morgan fingerprint density at radius 3 is 2.52 bits per heavy atom. The molecule has 1 aromatic heterocycles. The van der Waals surface area contributed by atoms with Crippen LogP contribution < -0.4 is 5.56 Å². The van der Waals surface area contributed by atoms with E-state index in [4.69, 9.17) is 23.2 Å². The van der Waals surface area contributed by atoms with Gasteiger partial charge in [0.25, 0.3) is 11.2 Å². The van der Waals surface area contributed by atoms with Crippen LogP contribution in [-0.2, 0) is 6.54 Å². The third kappa shape index (κ3) is 3.04. The fourth-order valence-electron chi connectivity index (χ4n) is 2.23. The van der Waals surface area contributed by atoms with E-state index >= 15 is 0 Å². The van der Waals surface area contributed by atoms with Crippen molar-refractivity contribution >= 4 is 39.8 Å². The molecule has 3 rings (SSSR count). The highest BCUT2D eigenvalue weighted by Crippen LogP contribution is 2.24. The molecule has 1 heterocycles. The molecular formula is C15H9Cl2N3O3. The van der Waals surface area contributed by atoms with Crippen LogP contribution in [-0.4, -0.2) is 14.5 Å². The first-order chi connectivity index (χ1) is 11.0. The van der Waals surface area contributed by atoms with E-state index in [1.807, 2.05) is 0 Å². The van der Waals surface area contributed by atoms with Gasteiger partial charge in [-0.25, -0.2) is 4.98 Å². The minimum Gasteiger partial charge on any atom is -0.294 e. The summed E-state index contributed by atoms with van der Waals surface area (Å²) in [4.78, 5) is 26.9. The van der Waals surface area contributed by atoms with E-state index in [1.54, 1.807) is 12.1 Å². The molecule has 0 radical (unpaired) electrons. The Hall–Kier alpha value is -2.44. The molecule has 23 heavy (non-hydrogen) atoms. The molecule has 0 spiro atoms. The van der Waals surface area contributed by atoms with Crippen LogP contribution in [0.3, 0.4) is 0 Å². The van der Waals surface area contributed by atoms with Crippen molar-refractivity contribution in [2.24, 2.45) is 0 Å². The second kappa shape index (κ2) is 5.98. The molecule has 8 heteroatoms. The van der Waals surface area contributed by atoms with Gasteiger partial charge in [-0.3, -0.25) is 19.5 Å². The summed E-state index contributed by atoms with van der Waals surface area (Å²) >= 11 is 12.0. The van der Waals surface area contributed by atoms with E-state index in [0.717, 1.165) is 5.56 Å². The third-order valence-electron chi connectivity index (χ3n) is 3.35. The molecule has 0 fully saturated rings. The Kier molecular flexibility index (Phi) is 4.02. The largest absolute Gasteiger partial charge is 0.294 e. The fourth-order valence-corrected chi connectivity index (χ4v) is 2.77. The van der Waals surface area contributed by atoms with Gasteiger partial charge in [-0.1, -0.05) is 35.3 Å². The number of aromatic nitrogens is 2. The van der Waals surface area contributed by atoms with Crippen molar-refractivity contribution in [3.8, 4) is 0 Å². The van der Waals surface area contributed by atoms with Crippen molar-refractivity contribution in [3.63, 3.8) is 0 Å². The fraction of sp³-hybridized carbons (Fsp3) is 0.0667. The number of nitro groups is 1. The SMILES string of the molecule is O=c1c2cc(Cl)cc(Cl)c2ncn1Cc1ccc([N+](=O)[O-])cc1. The number of nitro benzene ring substituents is 1. The topological polar surface area (TPSA) is 78.0 Å². The lowest BCUT2D eigenvalue weighted by atomic mass is 10.2. The Labute approximate surface area is 140 Å². The van der Waals surface area contributed by atoms with Gasteiger partial charge in [0.2, 0.25) is 0 Å². The van der Waals surface area contributed by atoms with Crippen molar-refractivity contribution in [1.29, 1.82) is 0 Å². The number of nitrogens with zero attached hydrogens (tertiary/aromatic N) is 3. The lowest BCUT2D eigenvalue weighted by Crippen LogP contribution is -2.21. The summed E-state index contributed by atoms with van der Waals surface area (Å²) in [5.41, 5.74) is 0.849. The van der Waals surface area contributed by atoms with Gasteiger partial charge in [0, 0.05) is 17.2 Å². The number of halogens is 2. The predicted molar refractivity (Wildman–Crippen MR) is 88.2 cm³/mol. The van der Waals surface area contributed by atoms with Crippen molar-refractivity contribution in [2.75, 3.05) is 0 Å². The van der Waals surface area contributed by atoms with Crippen LogP contribution in [0.1, 0.15) is 5.56 Å². The van der Waals surface area contributed by atoms with Crippen LogP contribution >= 0.6 is 23.2 Å². The van der Waals surface area contributed by atoms with E-state index < -0.39 is 4.92 Å². The number of hydrogen-bond donors (Lipinski definition) is 0. The standard InChI is InChI=1S/C15H9Cl2N3O3/c16-10-5-12-14(13(17)6-10)18-8-19(15(12)21)7-9-1-3-11(4-2-9)20(22)23/h1-6,8H,7H2. The molecule has 0 unspecified atom stereocenters. The number of non-ortho nitro benzene ring substituents is 1. The summed E-state index contributed by atoms with van der Waals surface area (Å²) in [7, 11) is 0. The maximum absolute atomic E-state index is 12.5. The number of rotatable bonds is 3. The molecular weight excluding hydrogens is 341 g/mol. The van der Waals surface area contributed by atoms with E-state index in [-0.39, 0.29) is 17.8 Å². The third-order valence-corrected chi connectivity index (χ3v) is 3.85. The normalized spacial score (nSPS) is 10.9. The zero-order valence-corrected chi connectivity index (χ0v) is 13.1. The molecule has 6 nitrogen and oxygen atoms in total. The van der Waals surface area contributed by atoms with E-state index in [1.165, 1.54) is 35.2 Å². The van der Waals surface area contributed by atoms with Gasteiger partial charge < -0.3 is 0 Å². The van der Waals surface area contributed by atoms with Crippen LogP contribution in [0.15, 0.2) is 47.5 Å². The molecule has 0 aliphatic rings. The second-order valence-corrected chi connectivity index (χ2v) is 5.73. The zero-order chi connectivity index (χ0) is 16.6.